The van der Waals surface area contributed by atoms with Crippen molar-refractivity contribution in [3.05, 3.63) is 38.9 Å². The molecule has 2 nitrogen and oxygen atoms in total. The van der Waals surface area contributed by atoms with Gasteiger partial charge in [0.1, 0.15) is 10.8 Å². The number of benzene rings is 1. The highest BCUT2D eigenvalue weighted by Gasteiger charge is 2.20. The topological polar surface area (TPSA) is 24.9 Å². The lowest BCUT2D eigenvalue weighted by atomic mass is 10.2. The molecule has 19 heavy (non-hydrogen) atoms. The summed E-state index contributed by atoms with van der Waals surface area (Å²) >= 11 is 4.85. The number of rotatable bonds is 5. The molecule has 1 fully saturated rings. The molecule has 0 aliphatic heterocycles. The van der Waals surface area contributed by atoms with Crippen molar-refractivity contribution in [1.82, 2.24) is 10.3 Å². The van der Waals surface area contributed by atoms with Gasteiger partial charge in [0, 0.05) is 17.5 Å². The quantitative estimate of drug-likeness (QED) is 0.881. The molecule has 0 atom stereocenters. The third kappa shape index (κ3) is 3.41. The van der Waals surface area contributed by atoms with Gasteiger partial charge in [0.2, 0.25) is 0 Å². The Hall–Kier alpha value is -0.780. The van der Waals surface area contributed by atoms with E-state index in [1.807, 2.05) is 5.38 Å². The van der Waals surface area contributed by atoms with E-state index in [1.165, 1.54) is 18.9 Å². The van der Waals surface area contributed by atoms with E-state index in [9.17, 15) is 4.39 Å². The number of halogens is 2. The van der Waals surface area contributed by atoms with E-state index in [1.54, 1.807) is 23.5 Å². The number of thiazole rings is 1. The van der Waals surface area contributed by atoms with Gasteiger partial charge >= 0.3 is 0 Å². The van der Waals surface area contributed by atoms with E-state index in [-0.39, 0.29) is 5.82 Å². The lowest BCUT2D eigenvalue weighted by molar-refractivity contribution is 0.621. The second-order valence-electron chi connectivity index (χ2n) is 4.83. The maximum atomic E-state index is 13.2. The van der Waals surface area contributed by atoms with Gasteiger partial charge in [0.25, 0.3) is 0 Å². The zero-order valence-electron chi connectivity index (χ0n) is 10.3. The molecule has 1 aliphatic rings. The first-order valence-corrected chi connectivity index (χ1v) is 8.00. The highest BCUT2D eigenvalue weighted by Crippen LogP contribution is 2.28. The second kappa shape index (κ2) is 5.69. The van der Waals surface area contributed by atoms with E-state index in [4.69, 9.17) is 0 Å². The van der Waals surface area contributed by atoms with Crippen LogP contribution < -0.4 is 5.32 Å². The van der Waals surface area contributed by atoms with E-state index in [0.29, 0.717) is 4.47 Å². The van der Waals surface area contributed by atoms with Crippen LogP contribution in [0.2, 0.25) is 0 Å². The molecule has 1 aromatic carbocycles. The van der Waals surface area contributed by atoms with Crippen molar-refractivity contribution >= 4 is 27.3 Å². The summed E-state index contributed by atoms with van der Waals surface area (Å²) in [4.78, 5) is 4.58. The fourth-order valence-electron chi connectivity index (χ4n) is 1.89. The Labute approximate surface area is 124 Å². The van der Waals surface area contributed by atoms with Crippen LogP contribution in [0.15, 0.2) is 28.1 Å². The van der Waals surface area contributed by atoms with Crippen molar-refractivity contribution in [3.63, 3.8) is 0 Å². The lowest BCUT2D eigenvalue weighted by Gasteiger charge is -2.00. The number of nitrogens with zero attached hydrogens (tertiary/aromatic N) is 1. The maximum absolute atomic E-state index is 13.2. The van der Waals surface area contributed by atoms with Crippen LogP contribution in [0, 0.1) is 11.7 Å². The molecule has 0 radical (unpaired) electrons. The number of aromatic nitrogens is 1. The predicted octanol–water partition coefficient (Wildman–Crippen LogP) is 4.21. The average molecular weight is 341 g/mol. The first-order chi connectivity index (χ1) is 9.22. The Morgan fingerprint density at radius 2 is 2.26 bits per heavy atom. The van der Waals surface area contributed by atoms with Crippen LogP contribution >= 0.6 is 27.3 Å². The Balaban J connectivity index is 1.67. The third-order valence-corrected chi connectivity index (χ3v) is 4.63. The molecular weight excluding hydrogens is 327 g/mol. The normalized spacial score (nSPS) is 14.8. The molecule has 1 saturated carbocycles. The molecule has 0 bridgehead atoms. The minimum absolute atomic E-state index is 0.245. The fraction of sp³-hybridized carbons (Fsp3) is 0.357. The van der Waals surface area contributed by atoms with Gasteiger partial charge in [0.15, 0.2) is 0 Å². The van der Waals surface area contributed by atoms with Gasteiger partial charge in [-0.3, -0.25) is 0 Å². The summed E-state index contributed by atoms with van der Waals surface area (Å²) in [6.45, 7) is 1.92. The fourth-order valence-corrected chi connectivity index (χ4v) is 3.04. The average Bonchev–Trinajstić information content (AvgIpc) is 3.10. The molecule has 100 valence electrons. The summed E-state index contributed by atoms with van der Waals surface area (Å²) in [5.41, 5.74) is 1.85. The zero-order chi connectivity index (χ0) is 13.2. The molecule has 1 N–H and O–H groups in total. The number of hydrogen-bond acceptors (Lipinski definition) is 3. The summed E-state index contributed by atoms with van der Waals surface area (Å²) in [6.07, 6.45) is 2.72. The molecule has 0 saturated heterocycles. The van der Waals surface area contributed by atoms with Gasteiger partial charge in [-0.25, -0.2) is 9.37 Å². The highest BCUT2D eigenvalue weighted by molar-refractivity contribution is 9.10. The molecule has 0 amide bonds. The van der Waals surface area contributed by atoms with Crippen molar-refractivity contribution < 1.29 is 4.39 Å². The summed E-state index contributed by atoms with van der Waals surface area (Å²) in [7, 11) is 0. The maximum Gasteiger partial charge on any atom is 0.137 e. The largest absolute Gasteiger partial charge is 0.310 e. The molecule has 2 aromatic rings. The molecule has 1 aliphatic carbocycles. The van der Waals surface area contributed by atoms with Crippen LogP contribution in [-0.2, 0) is 6.54 Å². The molecular formula is C14H14BrFN2S. The Kier molecular flexibility index (Phi) is 3.96. The van der Waals surface area contributed by atoms with Crippen molar-refractivity contribution in [2.45, 2.75) is 19.4 Å². The molecule has 3 rings (SSSR count). The smallest absolute Gasteiger partial charge is 0.137 e. The molecule has 1 aromatic heterocycles. The van der Waals surface area contributed by atoms with E-state index < -0.39 is 0 Å². The van der Waals surface area contributed by atoms with Crippen molar-refractivity contribution in [2.24, 2.45) is 5.92 Å². The molecule has 0 unspecified atom stereocenters. The van der Waals surface area contributed by atoms with Crippen molar-refractivity contribution in [2.75, 3.05) is 6.54 Å². The highest BCUT2D eigenvalue weighted by atomic mass is 79.9. The monoisotopic (exact) mass is 340 g/mol. The van der Waals surface area contributed by atoms with Crippen LogP contribution in [0.1, 0.15) is 17.8 Å². The second-order valence-corrected chi connectivity index (χ2v) is 6.63. The van der Waals surface area contributed by atoms with E-state index in [0.717, 1.165) is 35.3 Å². The Morgan fingerprint density at radius 1 is 1.42 bits per heavy atom. The minimum atomic E-state index is -0.245. The van der Waals surface area contributed by atoms with Crippen LogP contribution in [-0.4, -0.2) is 11.5 Å². The van der Waals surface area contributed by atoms with Crippen molar-refractivity contribution in [1.29, 1.82) is 0 Å². The Bertz CT molecular complexity index is 581. The van der Waals surface area contributed by atoms with Gasteiger partial charge in [-0.1, -0.05) is 0 Å². The first-order valence-electron chi connectivity index (χ1n) is 6.33. The molecule has 0 spiro atoms. The van der Waals surface area contributed by atoms with Gasteiger partial charge in [0.05, 0.1) is 10.2 Å². The Morgan fingerprint density at radius 3 is 3.00 bits per heavy atom. The van der Waals surface area contributed by atoms with Gasteiger partial charge in [-0.2, -0.15) is 0 Å². The summed E-state index contributed by atoms with van der Waals surface area (Å²) < 4.78 is 13.7. The standard InChI is InChI=1S/C14H14BrFN2S/c15-11-5-10(3-4-12(11)16)13-8-19-14(18-13)7-17-6-9-1-2-9/h3-5,8-9,17H,1-2,6-7H2. The van der Waals surface area contributed by atoms with Gasteiger partial charge in [-0.15, -0.1) is 11.3 Å². The van der Waals surface area contributed by atoms with E-state index in [2.05, 4.69) is 26.2 Å². The molecule has 1 heterocycles. The first kappa shape index (κ1) is 13.2. The van der Waals surface area contributed by atoms with Gasteiger partial charge < -0.3 is 5.32 Å². The van der Waals surface area contributed by atoms with Crippen LogP contribution in [0.25, 0.3) is 11.3 Å². The lowest BCUT2D eigenvalue weighted by Crippen LogP contribution is -2.15. The minimum Gasteiger partial charge on any atom is -0.310 e. The summed E-state index contributed by atoms with van der Waals surface area (Å²) in [6, 6.07) is 4.99. The van der Waals surface area contributed by atoms with Crippen LogP contribution in [0.4, 0.5) is 4.39 Å². The SMILES string of the molecule is Fc1ccc(-c2csc(CNCC3CC3)n2)cc1Br. The van der Waals surface area contributed by atoms with Crippen LogP contribution in [0.3, 0.4) is 0 Å². The number of nitrogens with one attached hydrogen (secondary N) is 1. The third-order valence-electron chi connectivity index (χ3n) is 3.17. The summed E-state index contributed by atoms with van der Waals surface area (Å²) in [5, 5.41) is 6.53. The summed E-state index contributed by atoms with van der Waals surface area (Å²) in [5.74, 6) is 0.637. The number of hydrogen-bond donors (Lipinski definition) is 1. The van der Waals surface area contributed by atoms with Crippen LogP contribution in [0.5, 0.6) is 0 Å². The van der Waals surface area contributed by atoms with Crippen molar-refractivity contribution in [3.8, 4) is 11.3 Å². The predicted molar refractivity (Wildman–Crippen MR) is 79.6 cm³/mol. The van der Waals surface area contributed by atoms with E-state index >= 15 is 0 Å². The zero-order valence-corrected chi connectivity index (χ0v) is 12.7. The molecule has 5 heteroatoms. The van der Waals surface area contributed by atoms with Gasteiger partial charge in [-0.05, 0) is 59.4 Å².